The third-order valence-corrected chi connectivity index (χ3v) is 5.78. The van der Waals surface area contributed by atoms with E-state index < -0.39 is 0 Å². The van der Waals surface area contributed by atoms with Crippen LogP contribution in [0.2, 0.25) is 0 Å². The molecule has 0 atom stereocenters. The molecular formula is C26H31NO4. The Kier molecular flexibility index (Phi) is 6.92. The monoisotopic (exact) mass is 421 g/mol. The molecule has 0 unspecified atom stereocenters. The van der Waals surface area contributed by atoms with Crippen molar-refractivity contribution in [2.24, 2.45) is 0 Å². The summed E-state index contributed by atoms with van der Waals surface area (Å²) in [5.41, 5.74) is 1.61. The first kappa shape index (κ1) is 21.4. The van der Waals surface area contributed by atoms with Gasteiger partial charge in [0.1, 0.15) is 5.58 Å². The summed E-state index contributed by atoms with van der Waals surface area (Å²) in [6.45, 7) is 7.83. The van der Waals surface area contributed by atoms with E-state index in [-0.39, 0.29) is 11.7 Å². The number of rotatable bonds is 8. The second-order valence-electron chi connectivity index (χ2n) is 8.49. The number of ether oxygens (including phenoxy) is 2. The molecular weight excluding hydrogens is 390 g/mol. The average Bonchev–Trinajstić information content (AvgIpc) is 2.77. The first-order valence-electron chi connectivity index (χ1n) is 11.2. The van der Waals surface area contributed by atoms with E-state index in [4.69, 9.17) is 13.9 Å². The molecule has 5 nitrogen and oxygen atoms in total. The number of benzene rings is 2. The summed E-state index contributed by atoms with van der Waals surface area (Å²) in [6, 6.07) is 17.7. The van der Waals surface area contributed by atoms with Gasteiger partial charge in [-0.3, -0.25) is 0 Å². The Bertz CT molecular complexity index is 1040. The van der Waals surface area contributed by atoms with E-state index in [0.29, 0.717) is 29.6 Å². The summed E-state index contributed by atoms with van der Waals surface area (Å²) in [4.78, 5) is 14.1. The SMILES string of the molecule is CC(C)Oc1cc2ccc(=O)oc2cc1OCCCN1CCC(c2ccccc2)CC1. The second-order valence-corrected chi connectivity index (χ2v) is 8.49. The van der Waals surface area contributed by atoms with Crippen LogP contribution in [0.5, 0.6) is 11.5 Å². The molecule has 0 N–H and O–H groups in total. The molecule has 0 radical (unpaired) electrons. The molecule has 164 valence electrons. The van der Waals surface area contributed by atoms with Crippen molar-refractivity contribution in [1.82, 2.24) is 4.90 Å². The third kappa shape index (κ3) is 5.67. The van der Waals surface area contributed by atoms with Gasteiger partial charge in [0.2, 0.25) is 0 Å². The first-order chi connectivity index (χ1) is 15.1. The third-order valence-electron chi connectivity index (χ3n) is 5.78. The Morgan fingerprint density at radius 3 is 2.55 bits per heavy atom. The molecule has 1 saturated heterocycles. The van der Waals surface area contributed by atoms with Crippen LogP contribution in [-0.2, 0) is 0 Å². The first-order valence-corrected chi connectivity index (χ1v) is 11.2. The van der Waals surface area contributed by atoms with Gasteiger partial charge in [-0.25, -0.2) is 4.79 Å². The molecule has 0 amide bonds. The van der Waals surface area contributed by atoms with Crippen molar-refractivity contribution in [1.29, 1.82) is 0 Å². The maximum absolute atomic E-state index is 11.6. The highest BCUT2D eigenvalue weighted by Crippen LogP contribution is 2.33. The molecule has 2 aromatic carbocycles. The fourth-order valence-electron chi connectivity index (χ4n) is 4.22. The van der Waals surface area contributed by atoms with Crippen molar-refractivity contribution in [3.8, 4) is 11.5 Å². The van der Waals surface area contributed by atoms with E-state index in [1.54, 1.807) is 12.1 Å². The molecule has 1 aliphatic heterocycles. The van der Waals surface area contributed by atoms with Crippen molar-refractivity contribution in [3.63, 3.8) is 0 Å². The Balaban J connectivity index is 1.30. The Labute approximate surface area is 183 Å². The average molecular weight is 422 g/mol. The standard InChI is InChI=1S/C26H31NO4/c1-19(2)30-25-17-22-9-10-26(28)31-23(22)18-24(25)29-16-6-13-27-14-11-21(12-15-27)20-7-4-3-5-8-20/h3-5,7-10,17-19,21H,6,11-16H2,1-2H3. The number of hydrogen-bond acceptors (Lipinski definition) is 5. The van der Waals surface area contributed by atoms with E-state index in [0.717, 1.165) is 31.4 Å². The summed E-state index contributed by atoms with van der Waals surface area (Å²) in [5, 5.41) is 0.823. The van der Waals surface area contributed by atoms with Gasteiger partial charge in [-0.05, 0) is 69.8 Å². The van der Waals surface area contributed by atoms with Crippen molar-refractivity contribution >= 4 is 11.0 Å². The Morgan fingerprint density at radius 1 is 1.03 bits per heavy atom. The van der Waals surface area contributed by atoms with Gasteiger partial charge in [-0.2, -0.15) is 0 Å². The molecule has 1 fully saturated rings. The van der Waals surface area contributed by atoms with E-state index in [2.05, 4.69) is 35.2 Å². The number of likely N-dealkylation sites (tertiary alicyclic amines) is 1. The number of fused-ring (bicyclic) bond motifs is 1. The largest absolute Gasteiger partial charge is 0.490 e. The molecule has 3 aromatic rings. The summed E-state index contributed by atoms with van der Waals surface area (Å²) < 4.78 is 17.3. The number of hydrogen-bond donors (Lipinski definition) is 0. The normalized spacial score (nSPS) is 15.5. The summed E-state index contributed by atoms with van der Waals surface area (Å²) in [6.07, 6.45) is 3.39. The van der Waals surface area contributed by atoms with Crippen LogP contribution in [0.1, 0.15) is 44.6 Å². The van der Waals surface area contributed by atoms with Crippen molar-refractivity contribution in [2.75, 3.05) is 26.2 Å². The predicted octanol–water partition coefficient (Wildman–Crippen LogP) is 5.23. The highest BCUT2D eigenvalue weighted by Gasteiger charge is 2.20. The van der Waals surface area contributed by atoms with Gasteiger partial charge < -0.3 is 18.8 Å². The van der Waals surface area contributed by atoms with Gasteiger partial charge in [-0.15, -0.1) is 0 Å². The zero-order valence-corrected chi connectivity index (χ0v) is 18.4. The minimum absolute atomic E-state index is 0.0291. The van der Waals surface area contributed by atoms with Gasteiger partial charge in [0, 0.05) is 24.1 Å². The Hall–Kier alpha value is -2.79. The quantitative estimate of drug-likeness (QED) is 0.368. The van der Waals surface area contributed by atoms with Crippen LogP contribution in [0, 0.1) is 0 Å². The lowest BCUT2D eigenvalue weighted by molar-refractivity contribution is 0.186. The molecule has 0 bridgehead atoms. The maximum atomic E-state index is 11.6. The maximum Gasteiger partial charge on any atom is 0.336 e. The smallest absolute Gasteiger partial charge is 0.336 e. The summed E-state index contributed by atoms with van der Waals surface area (Å²) in [5.74, 6) is 1.98. The van der Waals surface area contributed by atoms with Gasteiger partial charge >= 0.3 is 5.63 Å². The Morgan fingerprint density at radius 2 is 1.81 bits per heavy atom. The lowest BCUT2D eigenvalue weighted by Gasteiger charge is -2.32. The second kappa shape index (κ2) is 10.0. The van der Waals surface area contributed by atoms with Gasteiger partial charge in [0.05, 0.1) is 12.7 Å². The fraction of sp³-hybridized carbons (Fsp3) is 0.423. The van der Waals surface area contributed by atoms with Crippen LogP contribution in [-0.4, -0.2) is 37.2 Å². The highest BCUT2D eigenvalue weighted by atomic mass is 16.5. The van der Waals surface area contributed by atoms with Crippen LogP contribution >= 0.6 is 0 Å². The lowest BCUT2D eigenvalue weighted by Crippen LogP contribution is -2.34. The topological polar surface area (TPSA) is 51.9 Å². The molecule has 1 aromatic heterocycles. The number of nitrogens with zero attached hydrogens (tertiary/aromatic N) is 1. The molecule has 0 aliphatic carbocycles. The predicted molar refractivity (Wildman–Crippen MR) is 123 cm³/mol. The van der Waals surface area contributed by atoms with E-state index in [1.807, 2.05) is 19.9 Å². The molecule has 4 rings (SSSR count). The van der Waals surface area contributed by atoms with Crippen LogP contribution in [0.25, 0.3) is 11.0 Å². The van der Waals surface area contributed by atoms with E-state index in [9.17, 15) is 4.79 Å². The molecule has 31 heavy (non-hydrogen) atoms. The van der Waals surface area contributed by atoms with Gasteiger partial charge in [0.25, 0.3) is 0 Å². The molecule has 1 aliphatic rings. The molecule has 2 heterocycles. The highest BCUT2D eigenvalue weighted by molar-refractivity contribution is 5.80. The van der Waals surface area contributed by atoms with Crippen LogP contribution < -0.4 is 15.1 Å². The zero-order chi connectivity index (χ0) is 21.6. The summed E-state index contributed by atoms with van der Waals surface area (Å²) in [7, 11) is 0. The van der Waals surface area contributed by atoms with Crippen molar-refractivity contribution in [2.45, 2.75) is 45.1 Å². The summed E-state index contributed by atoms with van der Waals surface area (Å²) >= 11 is 0. The van der Waals surface area contributed by atoms with Crippen molar-refractivity contribution in [3.05, 3.63) is 70.6 Å². The molecule has 0 spiro atoms. The number of piperidine rings is 1. The molecule has 0 saturated carbocycles. The van der Waals surface area contributed by atoms with Crippen molar-refractivity contribution < 1.29 is 13.9 Å². The van der Waals surface area contributed by atoms with Gasteiger partial charge in [-0.1, -0.05) is 30.3 Å². The fourth-order valence-corrected chi connectivity index (χ4v) is 4.22. The molecule has 5 heteroatoms. The van der Waals surface area contributed by atoms with E-state index in [1.165, 1.54) is 24.5 Å². The zero-order valence-electron chi connectivity index (χ0n) is 18.4. The minimum Gasteiger partial charge on any atom is -0.490 e. The van der Waals surface area contributed by atoms with Crippen LogP contribution in [0.3, 0.4) is 0 Å². The lowest BCUT2D eigenvalue weighted by atomic mass is 9.89. The van der Waals surface area contributed by atoms with Crippen LogP contribution in [0.4, 0.5) is 0 Å². The minimum atomic E-state index is -0.366. The van der Waals surface area contributed by atoms with Gasteiger partial charge in [0.15, 0.2) is 11.5 Å². The van der Waals surface area contributed by atoms with E-state index >= 15 is 0 Å². The van der Waals surface area contributed by atoms with Crippen LogP contribution in [0.15, 0.2) is 63.8 Å².